The third-order valence-corrected chi connectivity index (χ3v) is 2.51. The first-order chi connectivity index (χ1) is 5.24. The van der Waals surface area contributed by atoms with E-state index in [4.69, 9.17) is 10.2 Å². The van der Waals surface area contributed by atoms with E-state index in [1.807, 2.05) is 0 Å². The lowest BCUT2D eigenvalue weighted by Gasteiger charge is -2.29. The average molecular weight is 160 g/mol. The summed E-state index contributed by atoms with van der Waals surface area (Å²) in [6, 6.07) is 0. The average Bonchev–Trinajstić information content (AvgIpc) is 2.04. The maximum absolute atomic E-state index is 9.13. The summed E-state index contributed by atoms with van der Waals surface area (Å²) in [6.07, 6.45) is 3.78. The molecule has 0 amide bonds. The van der Waals surface area contributed by atoms with Gasteiger partial charge in [0.2, 0.25) is 0 Å². The first-order valence-corrected chi connectivity index (χ1v) is 4.46. The van der Waals surface area contributed by atoms with Crippen molar-refractivity contribution in [3.8, 4) is 0 Å². The molecule has 0 radical (unpaired) electrons. The predicted molar refractivity (Wildman–Crippen MR) is 46.4 cm³/mol. The summed E-state index contributed by atoms with van der Waals surface area (Å²) in [7, 11) is 0. The summed E-state index contributed by atoms with van der Waals surface area (Å²) >= 11 is 0. The molecule has 0 aromatic rings. The summed E-state index contributed by atoms with van der Waals surface area (Å²) in [5, 5.41) is 17.9. The molecule has 0 fully saturated rings. The molecule has 0 saturated carbocycles. The minimum Gasteiger partial charge on any atom is -0.396 e. The van der Waals surface area contributed by atoms with Crippen LogP contribution in [0.1, 0.15) is 39.5 Å². The van der Waals surface area contributed by atoms with Crippen LogP contribution in [0.4, 0.5) is 0 Å². The van der Waals surface area contributed by atoms with Crippen molar-refractivity contribution >= 4 is 0 Å². The fraction of sp³-hybridized carbons (Fsp3) is 1.00. The lowest BCUT2D eigenvalue weighted by Crippen LogP contribution is -2.25. The molecule has 0 bridgehead atoms. The second-order valence-corrected chi connectivity index (χ2v) is 3.24. The van der Waals surface area contributed by atoms with Crippen molar-refractivity contribution in [1.82, 2.24) is 0 Å². The molecule has 0 saturated heterocycles. The highest BCUT2D eigenvalue weighted by Crippen LogP contribution is 2.30. The van der Waals surface area contributed by atoms with E-state index in [-0.39, 0.29) is 18.6 Å². The van der Waals surface area contributed by atoms with Gasteiger partial charge in [0.15, 0.2) is 0 Å². The van der Waals surface area contributed by atoms with E-state index in [1.54, 1.807) is 0 Å². The molecule has 2 N–H and O–H groups in total. The van der Waals surface area contributed by atoms with E-state index in [9.17, 15) is 0 Å². The molecule has 11 heavy (non-hydrogen) atoms. The van der Waals surface area contributed by atoms with Crippen molar-refractivity contribution in [2.45, 2.75) is 39.5 Å². The van der Waals surface area contributed by atoms with Crippen molar-refractivity contribution in [3.63, 3.8) is 0 Å². The monoisotopic (exact) mass is 160 g/mol. The fourth-order valence-corrected chi connectivity index (χ4v) is 1.52. The SMILES string of the molecule is CCCC(CC)(CO)CCO. The second-order valence-electron chi connectivity index (χ2n) is 3.24. The summed E-state index contributed by atoms with van der Waals surface area (Å²) in [5.74, 6) is 0. The molecular weight excluding hydrogens is 140 g/mol. The van der Waals surface area contributed by atoms with Crippen LogP contribution in [0, 0.1) is 5.41 Å². The van der Waals surface area contributed by atoms with Gasteiger partial charge in [0.25, 0.3) is 0 Å². The van der Waals surface area contributed by atoms with Crippen LogP contribution in [0.3, 0.4) is 0 Å². The Labute approximate surface area is 69.2 Å². The molecule has 0 rings (SSSR count). The van der Waals surface area contributed by atoms with Gasteiger partial charge in [-0.2, -0.15) is 0 Å². The second kappa shape index (κ2) is 5.56. The van der Waals surface area contributed by atoms with Crippen LogP contribution in [0.5, 0.6) is 0 Å². The normalized spacial score (nSPS) is 16.4. The lowest BCUT2D eigenvalue weighted by molar-refractivity contribution is 0.0772. The van der Waals surface area contributed by atoms with Gasteiger partial charge in [0.1, 0.15) is 0 Å². The first kappa shape index (κ1) is 10.9. The fourth-order valence-electron chi connectivity index (χ4n) is 1.52. The molecule has 1 atom stereocenters. The van der Waals surface area contributed by atoms with Crippen LogP contribution in [-0.4, -0.2) is 23.4 Å². The Hall–Kier alpha value is -0.0800. The zero-order valence-corrected chi connectivity index (χ0v) is 7.64. The predicted octanol–water partition coefficient (Wildman–Crippen LogP) is 1.56. The number of aliphatic hydroxyl groups excluding tert-OH is 2. The van der Waals surface area contributed by atoms with Crippen LogP contribution in [0.15, 0.2) is 0 Å². The Balaban J connectivity index is 3.96. The van der Waals surface area contributed by atoms with Crippen LogP contribution >= 0.6 is 0 Å². The zero-order chi connectivity index (χ0) is 8.74. The third kappa shape index (κ3) is 3.21. The minimum atomic E-state index is -0.0104. The molecule has 2 nitrogen and oxygen atoms in total. The zero-order valence-electron chi connectivity index (χ0n) is 7.64. The van der Waals surface area contributed by atoms with Crippen molar-refractivity contribution < 1.29 is 10.2 Å². The molecule has 0 aliphatic heterocycles. The lowest BCUT2D eigenvalue weighted by atomic mass is 9.79. The summed E-state index contributed by atoms with van der Waals surface area (Å²) in [6.45, 7) is 4.57. The summed E-state index contributed by atoms with van der Waals surface area (Å²) < 4.78 is 0. The van der Waals surface area contributed by atoms with Gasteiger partial charge in [-0.25, -0.2) is 0 Å². The first-order valence-electron chi connectivity index (χ1n) is 4.46. The van der Waals surface area contributed by atoms with Crippen LogP contribution in [-0.2, 0) is 0 Å². The third-order valence-electron chi connectivity index (χ3n) is 2.51. The van der Waals surface area contributed by atoms with Crippen molar-refractivity contribution in [2.75, 3.05) is 13.2 Å². The molecule has 0 heterocycles. The molecule has 68 valence electrons. The topological polar surface area (TPSA) is 40.5 Å². The van der Waals surface area contributed by atoms with E-state index in [1.165, 1.54) is 0 Å². The maximum atomic E-state index is 9.13. The number of hydrogen-bond acceptors (Lipinski definition) is 2. The highest BCUT2D eigenvalue weighted by Gasteiger charge is 2.25. The van der Waals surface area contributed by atoms with Crippen LogP contribution in [0.2, 0.25) is 0 Å². The van der Waals surface area contributed by atoms with Gasteiger partial charge in [0, 0.05) is 13.2 Å². The van der Waals surface area contributed by atoms with Gasteiger partial charge in [-0.1, -0.05) is 20.3 Å². The smallest absolute Gasteiger partial charge is 0.0488 e. The molecule has 0 aliphatic carbocycles. The quantitative estimate of drug-likeness (QED) is 0.619. The standard InChI is InChI=1S/C9H20O2/c1-3-5-9(4-2,8-11)6-7-10/h10-11H,3-8H2,1-2H3. The molecule has 0 aromatic carbocycles. The van der Waals surface area contributed by atoms with Gasteiger partial charge in [-0.05, 0) is 24.7 Å². The van der Waals surface area contributed by atoms with Crippen LogP contribution < -0.4 is 0 Å². The number of rotatable bonds is 6. The summed E-state index contributed by atoms with van der Waals surface area (Å²) in [5.41, 5.74) is -0.0104. The van der Waals surface area contributed by atoms with Crippen molar-refractivity contribution in [1.29, 1.82) is 0 Å². The Morgan fingerprint density at radius 1 is 1.09 bits per heavy atom. The maximum Gasteiger partial charge on any atom is 0.0488 e. The Morgan fingerprint density at radius 3 is 2.00 bits per heavy atom. The van der Waals surface area contributed by atoms with E-state index >= 15 is 0 Å². The van der Waals surface area contributed by atoms with Gasteiger partial charge in [0.05, 0.1) is 0 Å². The van der Waals surface area contributed by atoms with Gasteiger partial charge in [-0.3, -0.25) is 0 Å². The van der Waals surface area contributed by atoms with E-state index in [2.05, 4.69) is 13.8 Å². The Kier molecular flexibility index (Phi) is 5.51. The van der Waals surface area contributed by atoms with E-state index in [0.29, 0.717) is 0 Å². The molecule has 0 aliphatic rings. The number of aliphatic hydroxyl groups is 2. The molecule has 2 heteroatoms. The molecule has 0 spiro atoms. The highest BCUT2D eigenvalue weighted by molar-refractivity contribution is 4.75. The summed E-state index contributed by atoms with van der Waals surface area (Å²) in [4.78, 5) is 0. The van der Waals surface area contributed by atoms with Gasteiger partial charge >= 0.3 is 0 Å². The van der Waals surface area contributed by atoms with Crippen molar-refractivity contribution in [2.24, 2.45) is 5.41 Å². The van der Waals surface area contributed by atoms with Gasteiger partial charge < -0.3 is 10.2 Å². The van der Waals surface area contributed by atoms with Gasteiger partial charge in [-0.15, -0.1) is 0 Å². The Bertz CT molecular complexity index is 79.6. The minimum absolute atomic E-state index is 0.0104. The van der Waals surface area contributed by atoms with E-state index in [0.717, 1.165) is 25.7 Å². The molecule has 0 aromatic heterocycles. The largest absolute Gasteiger partial charge is 0.396 e. The highest BCUT2D eigenvalue weighted by atomic mass is 16.3. The molecular formula is C9H20O2. The van der Waals surface area contributed by atoms with Crippen LogP contribution in [0.25, 0.3) is 0 Å². The van der Waals surface area contributed by atoms with Crippen molar-refractivity contribution in [3.05, 3.63) is 0 Å². The van der Waals surface area contributed by atoms with E-state index < -0.39 is 0 Å². The Morgan fingerprint density at radius 2 is 1.73 bits per heavy atom. The number of hydrogen-bond donors (Lipinski definition) is 2. The molecule has 1 unspecified atom stereocenters.